The number of hydrogen-bond donors (Lipinski definition) is 1. The lowest BCUT2D eigenvalue weighted by molar-refractivity contribution is 0.0115. The van der Waals surface area contributed by atoms with E-state index in [4.69, 9.17) is 33.8 Å². The topological polar surface area (TPSA) is 86.3 Å². The van der Waals surface area contributed by atoms with Gasteiger partial charge >= 0.3 is 0 Å². The Morgan fingerprint density at radius 1 is 1.11 bits per heavy atom. The number of alkyl halides is 2. The smallest absolute Gasteiger partial charge is 0.293 e. The van der Waals surface area contributed by atoms with Gasteiger partial charge in [-0.05, 0) is 23.8 Å². The van der Waals surface area contributed by atoms with E-state index in [0.29, 0.717) is 39.6 Å². The number of benzene rings is 2. The van der Waals surface area contributed by atoms with Gasteiger partial charge in [0.1, 0.15) is 12.9 Å². The monoisotopic (exact) mass is 531 g/mol. The van der Waals surface area contributed by atoms with Gasteiger partial charge in [0, 0.05) is 30.6 Å². The Bertz CT molecular complexity index is 1510. The summed E-state index contributed by atoms with van der Waals surface area (Å²) >= 11 is 12.7. The van der Waals surface area contributed by atoms with Crippen LogP contribution in [0.3, 0.4) is 0 Å². The minimum atomic E-state index is -2.63. The summed E-state index contributed by atoms with van der Waals surface area (Å²) in [5.41, 5.74) is 8.04. The van der Waals surface area contributed by atoms with E-state index < -0.39 is 11.5 Å². The maximum atomic E-state index is 13.5. The lowest BCUT2D eigenvalue weighted by Crippen LogP contribution is -2.27. The summed E-state index contributed by atoms with van der Waals surface area (Å²) in [6.45, 7) is 0.539. The van der Waals surface area contributed by atoms with Crippen molar-refractivity contribution >= 4 is 40.1 Å². The van der Waals surface area contributed by atoms with Crippen molar-refractivity contribution in [3.63, 3.8) is 0 Å². The largest absolute Gasteiger partial charge is 0.412 e. The number of nitrogens with zero attached hydrogens (tertiary/aromatic N) is 4. The second kappa shape index (κ2) is 9.31. The van der Waals surface area contributed by atoms with Gasteiger partial charge in [-0.3, -0.25) is 9.69 Å². The molecule has 3 heterocycles. The molecule has 1 fully saturated rings. The fourth-order valence-electron chi connectivity index (χ4n) is 4.37. The van der Waals surface area contributed by atoms with Gasteiger partial charge in [0.05, 0.1) is 27.5 Å². The first kappa shape index (κ1) is 24.4. The fourth-order valence-corrected chi connectivity index (χ4v) is 4.97. The number of pyridine rings is 1. The van der Waals surface area contributed by atoms with E-state index in [2.05, 4.69) is 9.97 Å². The Kier molecular flexibility index (Phi) is 6.32. The van der Waals surface area contributed by atoms with E-state index in [-0.39, 0.29) is 35.8 Å². The summed E-state index contributed by atoms with van der Waals surface area (Å²) in [5.74, 6) is -2.22. The number of likely N-dealkylation sites (tertiary alicyclic amines) is 1. The number of nitrogen functional groups attached to an aromatic ring is 1. The molecule has 0 atom stereocenters. The molecule has 1 saturated heterocycles. The van der Waals surface area contributed by atoms with Gasteiger partial charge in [-0.25, -0.2) is 18.7 Å². The molecule has 2 aromatic heterocycles. The van der Waals surface area contributed by atoms with E-state index in [1.807, 2.05) is 12.1 Å². The molecule has 36 heavy (non-hydrogen) atoms. The van der Waals surface area contributed by atoms with Gasteiger partial charge < -0.3 is 10.6 Å². The maximum absolute atomic E-state index is 13.5. The van der Waals surface area contributed by atoms with Crippen LogP contribution in [0.2, 0.25) is 10.0 Å². The molecule has 1 aliphatic heterocycles. The van der Waals surface area contributed by atoms with Gasteiger partial charge in [0.2, 0.25) is 0 Å². The summed E-state index contributed by atoms with van der Waals surface area (Å²) in [5, 5.41) is 0.990. The molecule has 0 aliphatic carbocycles. The first-order chi connectivity index (χ1) is 17.2. The quantitative estimate of drug-likeness (QED) is 0.393. The van der Waals surface area contributed by atoms with Crippen molar-refractivity contribution in [2.24, 2.45) is 0 Å². The summed E-state index contributed by atoms with van der Waals surface area (Å²) in [6, 6.07) is 13.7. The van der Waals surface area contributed by atoms with Crippen LogP contribution in [0, 0.1) is 0 Å². The molecule has 0 bridgehead atoms. The summed E-state index contributed by atoms with van der Waals surface area (Å²) in [7, 11) is 1.34. The van der Waals surface area contributed by atoms with E-state index >= 15 is 0 Å². The zero-order valence-corrected chi connectivity index (χ0v) is 20.7. The number of fused-ring (bicyclic) bond motifs is 1. The Morgan fingerprint density at radius 3 is 2.42 bits per heavy atom. The van der Waals surface area contributed by atoms with Crippen molar-refractivity contribution in [1.82, 2.24) is 19.6 Å². The Hall–Kier alpha value is -3.27. The molecule has 2 aromatic carbocycles. The summed E-state index contributed by atoms with van der Waals surface area (Å²) < 4.78 is 28.0. The molecule has 0 amide bonds. The standard InChI is InChI=1S/C25H21Cl2F2N5O2/c1-36-34-23-17(11-16(24(34)35)20-18(26)3-2-4-19(20)27)21(30)31-22(32-23)15-7-5-14(6-8-15)12-33-10-9-25(28,29)13-33/h2-8,11H,9-10,12-13H2,1H3,(H2,30,31,32). The number of rotatable bonds is 5. The molecule has 0 saturated carbocycles. The molecule has 5 rings (SSSR count). The highest BCUT2D eigenvalue weighted by atomic mass is 35.5. The predicted molar refractivity (Wildman–Crippen MR) is 136 cm³/mol. The highest BCUT2D eigenvalue weighted by molar-refractivity contribution is 6.39. The van der Waals surface area contributed by atoms with Crippen LogP contribution >= 0.6 is 23.2 Å². The lowest BCUT2D eigenvalue weighted by atomic mass is 10.1. The van der Waals surface area contributed by atoms with E-state index in [1.165, 1.54) is 7.11 Å². The van der Waals surface area contributed by atoms with Crippen LogP contribution in [0.15, 0.2) is 53.3 Å². The van der Waals surface area contributed by atoms with Crippen molar-refractivity contribution in [3.8, 4) is 22.5 Å². The third-order valence-electron chi connectivity index (χ3n) is 6.13. The van der Waals surface area contributed by atoms with Crippen molar-refractivity contribution < 1.29 is 13.6 Å². The third kappa shape index (κ3) is 4.50. The summed E-state index contributed by atoms with van der Waals surface area (Å²) in [6.07, 6.45) is -0.124. The van der Waals surface area contributed by atoms with Crippen molar-refractivity contribution in [3.05, 3.63) is 74.5 Å². The van der Waals surface area contributed by atoms with E-state index in [1.54, 1.807) is 41.3 Å². The number of halogens is 4. The fraction of sp³-hybridized carbons (Fsp3) is 0.240. The predicted octanol–water partition coefficient (Wildman–Crippen LogP) is 4.91. The lowest BCUT2D eigenvalue weighted by Gasteiger charge is -2.16. The van der Waals surface area contributed by atoms with Crippen LogP contribution in [-0.2, 0) is 6.54 Å². The molecule has 0 radical (unpaired) electrons. The van der Waals surface area contributed by atoms with Crippen molar-refractivity contribution in [1.29, 1.82) is 0 Å². The molecule has 4 aromatic rings. The number of aromatic nitrogens is 3. The molecule has 11 heteroatoms. The van der Waals surface area contributed by atoms with Crippen LogP contribution in [0.4, 0.5) is 14.6 Å². The number of hydrogen-bond acceptors (Lipinski definition) is 6. The SMILES string of the molecule is COn1c(=O)c(-c2c(Cl)cccc2Cl)cc2c(N)nc(-c3ccc(CN4CCC(F)(F)C4)cc3)nc21. The second-order valence-electron chi connectivity index (χ2n) is 8.62. The third-order valence-corrected chi connectivity index (χ3v) is 6.76. The molecule has 0 unspecified atom stereocenters. The number of nitrogens with two attached hydrogens (primary N) is 1. The van der Waals surface area contributed by atoms with Crippen LogP contribution in [0.1, 0.15) is 12.0 Å². The van der Waals surface area contributed by atoms with Crippen LogP contribution in [0.5, 0.6) is 0 Å². The van der Waals surface area contributed by atoms with Gasteiger partial charge in [0.15, 0.2) is 11.5 Å². The first-order valence-electron chi connectivity index (χ1n) is 11.1. The zero-order chi connectivity index (χ0) is 25.6. The summed E-state index contributed by atoms with van der Waals surface area (Å²) in [4.78, 5) is 29.3. The van der Waals surface area contributed by atoms with E-state index in [9.17, 15) is 13.6 Å². The molecule has 2 N–H and O–H groups in total. The molecule has 1 aliphatic rings. The number of anilines is 1. The van der Waals surface area contributed by atoms with Crippen molar-refractivity contribution in [2.75, 3.05) is 25.9 Å². The highest BCUT2D eigenvalue weighted by Gasteiger charge is 2.37. The Morgan fingerprint density at radius 2 is 1.81 bits per heavy atom. The normalized spacial score (nSPS) is 15.5. The second-order valence-corrected chi connectivity index (χ2v) is 9.43. The van der Waals surface area contributed by atoms with Crippen LogP contribution in [0.25, 0.3) is 33.5 Å². The minimum Gasteiger partial charge on any atom is -0.412 e. The van der Waals surface area contributed by atoms with Gasteiger partial charge in [-0.2, -0.15) is 0 Å². The zero-order valence-electron chi connectivity index (χ0n) is 19.1. The van der Waals surface area contributed by atoms with Crippen LogP contribution < -0.4 is 16.1 Å². The molecular formula is C25H21Cl2F2N5O2. The van der Waals surface area contributed by atoms with Gasteiger partial charge in [-0.15, -0.1) is 4.73 Å². The molecule has 186 valence electrons. The Labute approximate surface area is 215 Å². The average Bonchev–Trinajstić information content (AvgIpc) is 3.18. The van der Waals surface area contributed by atoms with E-state index in [0.717, 1.165) is 10.3 Å². The Balaban J connectivity index is 1.54. The van der Waals surface area contributed by atoms with Crippen molar-refractivity contribution in [2.45, 2.75) is 18.9 Å². The molecule has 7 nitrogen and oxygen atoms in total. The molecule has 0 spiro atoms. The first-order valence-corrected chi connectivity index (χ1v) is 11.8. The minimum absolute atomic E-state index is 0.124. The molecular weight excluding hydrogens is 511 g/mol. The highest BCUT2D eigenvalue weighted by Crippen LogP contribution is 2.35. The maximum Gasteiger partial charge on any atom is 0.293 e. The van der Waals surface area contributed by atoms with Gasteiger partial charge in [0.25, 0.3) is 11.5 Å². The van der Waals surface area contributed by atoms with Gasteiger partial charge in [-0.1, -0.05) is 53.5 Å². The van der Waals surface area contributed by atoms with Crippen LogP contribution in [-0.4, -0.2) is 45.7 Å². The average molecular weight is 532 g/mol.